The Bertz CT molecular complexity index is 1290. The number of hydrogen-bond acceptors (Lipinski definition) is 6. The summed E-state index contributed by atoms with van der Waals surface area (Å²) in [5.74, 6) is -0.0176. The number of thiophene rings is 1. The smallest absolute Gasteiger partial charge is 0.279 e. The number of hydrogen-bond donors (Lipinski definition) is 1. The summed E-state index contributed by atoms with van der Waals surface area (Å²) in [4.78, 5) is 1.09. The van der Waals surface area contributed by atoms with Gasteiger partial charge in [-0.1, -0.05) is 36.4 Å². The van der Waals surface area contributed by atoms with Gasteiger partial charge in [-0.3, -0.25) is 4.72 Å². The highest BCUT2D eigenvalue weighted by molar-refractivity contribution is 7.92. The van der Waals surface area contributed by atoms with E-state index in [4.69, 9.17) is 0 Å². The standard InChI is InChI=1S/C21H21N3O4S3/c1-2-30(25,26)23-17-12-10-16(11-13-17)19-15-20(21-9-6-14-29-21)24(22-19)31(27,28)18-7-4-3-5-8-18/h3-14,20,23H,2,15H2,1H3/t20-/m0/s1. The van der Waals surface area contributed by atoms with Gasteiger partial charge in [0.15, 0.2) is 0 Å². The summed E-state index contributed by atoms with van der Waals surface area (Å²) < 4.78 is 53.8. The molecule has 0 spiro atoms. The molecular formula is C21H21N3O4S3. The lowest BCUT2D eigenvalue weighted by Crippen LogP contribution is -2.26. The maximum Gasteiger partial charge on any atom is 0.279 e. The fraction of sp³-hybridized carbons (Fsp3) is 0.190. The lowest BCUT2D eigenvalue weighted by molar-refractivity contribution is 0.375. The molecular weight excluding hydrogens is 454 g/mol. The van der Waals surface area contributed by atoms with Gasteiger partial charge in [0.2, 0.25) is 10.0 Å². The number of benzene rings is 2. The minimum atomic E-state index is -3.83. The second kappa shape index (κ2) is 8.45. The van der Waals surface area contributed by atoms with E-state index >= 15 is 0 Å². The third-order valence-electron chi connectivity index (χ3n) is 4.90. The van der Waals surface area contributed by atoms with Crippen LogP contribution in [0, 0.1) is 0 Å². The van der Waals surface area contributed by atoms with Gasteiger partial charge in [0, 0.05) is 17.0 Å². The van der Waals surface area contributed by atoms with E-state index < -0.39 is 26.1 Å². The number of sulfonamides is 2. The van der Waals surface area contributed by atoms with Crippen LogP contribution in [0.4, 0.5) is 5.69 Å². The van der Waals surface area contributed by atoms with Crippen LogP contribution in [0.3, 0.4) is 0 Å². The third kappa shape index (κ3) is 4.51. The monoisotopic (exact) mass is 475 g/mol. The van der Waals surface area contributed by atoms with Crippen molar-refractivity contribution in [3.8, 4) is 0 Å². The van der Waals surface area contributed by atoms with Crippen molar-refractivity contribution >= 4 is 42.8 Å². The Morgan fingerprint density at radius 1 is 1.00 bits per heavy atom. The number of nitrogens with zero attached hydrogens (tertiary/aromatic N) is 2. The number of hydrazone groups is 1. The Kier molecular flexibility index (Phi) is 5.87. The van der Waals surface area contributed by atoms with Crippen LogP contribution < -0.4 is 4.72 Å². The lowest BCUT2D eigenvalue weighted by atomic mass is 10.0. The van der Waals surface area contributed by atoms with Crippen molar-refractivity contribution in [2.45, 2.75) is 24.3 Å². The first kappa shape index (κ1) is 21.5. The van der Waals surface area contributed by atoms with Crippen molar-refractivity contribution in [2.24, 2.45) is 5.10 Å². The second-order valence-electron chi connectivity index (χ2n) is 6.96. The first-order valence-corrected chi connectivity index (χ1v) is 13.6. The van der Waals surface area contributed by atoms with Crippen molar-refractivity contribution in [3.63, 3.8) is 0 Å². The fourth-order valence-electron chi connectivity index (χ4n) is 3.26. The summed E-state index contributed by atoms with van der Waals surface area (Å²) in [6.07, 6.45) is 0.423. The summed E-state index contributed by atoms with van der Waals surface area (Å²) in [5.41, 5.74) is 1.82. The molecule has 162 valence electrons. The minimum absolute atomic E-state index is 0.0176. The van der Waals surface area contributed by atoms with Gasteiger partial charge in [0.05, 0.1) is 16.4 Å². The molecule has 0 amide bonds. The van der Waals surface area contributed by atoms with Crippen molar-refractivity contribution in [1.29, 1.82) is 0 Å². The molecule has 0 unspecified atom stereocenters. The van der Waals surface area contributed by atoms with Crippen molar-refractivity contribution in [2.75, 3.05) is 10.5 Å². The van der Waals surface area contributed by atoms with E-state index in [0.717, 1.165) is 10.4 Å². The zero-order valence-corrected chi connectivity index (χ0v) is 19.1. The molecule has 4 rings (SSSR count). The fourth-order valence-corrected chi connectivity index (χ4v) is 6.22. The molecule has 7 nitrogen and oxygen atoms in total. The Labute approximate surface area is 186 Å². The summed E-state index contributed by atoms with van der Waals surface area (Å²) in [5, 5.41) is 6.41. The van der Waals surface area contributed by atoms with Crippen LogP contribution >= 0.6 is 11.3 Å². The quantitative estimate of drug-likeness (QED) is 0.558. The van der Waals surface area contributed by atoms with Gasteiger partial charge in [-0.25, -0.2) is 8.42 Å². The van der Waals surface area contributed by atoms with Crippen molar-refractivity contribution in [1.82, 2.24) is 4.41 Å². The van der Waals surface area contributed by atoms with Gasteiger partial charge in [0.1, 0.15) is 6.04 Å². The molecule has 0 saturated heterocycles. The predicted molar refractivity (Wildman–Crippen MR) is 123 cm³/mol. The number of nitrogens with one attached hydrogen (secondary N) is 1. The molecule has 3 aromatic rings. The summed E-state index contributed by atoms with van der Waals surface area (Å²) in [6.45, 7) is 1.57. The molecule has 2 aromatic carbocycles. The molecule has 1 atom stereocenters. The lowest BCUT2D eigenvalue weighted by Gasteiger charge is -2.22. The van der Waals surface area contributed by atoms with E-state index in [9.17, 15) is 16.8 Å². The van der Waals surface area contributed by atoms with Crippen LogP contribution in [-0.4, -0.2) is 32.7 Å². The van der Waals surface area contributed by atoms with E-state index in [2.05, 4.69) is 9.82 Å². The maximum absolute atomic E-state index is 13.3. The van der Waals surface area contributed by atoms with Crippen molar-refractivity contribution < 1.29 is 16.8 Å². The van der Waals surface area contributed by atoms with Crippen molar-refractivity contribution in [3.05, 3.63) is 82.6 Å². The molecule has 2 heterocycles. The minimum Gasteiger partial charge on any atom is -0.284 e. The molecule has 1 aromatic heterocycles. The van der Waals surface area contributed by atoms with E-state index in [0.29, 0.717) is 17.8 Å². The molecule has 1 N–H and O–H groups in total. The highest BCUT2D eigenvalue weighted by atomic mass is 32.2. The summed E-state index contributed by atoms with van der Waals surface area (Å²) in [6, 6.07) is 18.4. The zero-order chi connectivity index (χ0) is 22.1. The molecule has 0 radical (unpaired) electrons. The molecule has 0 bridgehead atoms. The van der Waals surface area contributed by atoms with Crippen LogP contribution in [0.15, 0.2) is 82.1 Å². The first-order valence-electron chi connectivity index (χ1n) is 9.61. The Morgan fingerprint density at radius 2 is 1.71 bits per heavy atom. The molecule has 0 saturated carbocycles. The number of anilines is 1. The van der Waals surface area contributed by atoms with Crippen LogP contribution in [0.1, 0.15) is 29.8 Å². The number of rotatable bonds is 7. The second-order valence-corrected chi connectivity index (χ2v) is 11.7. The highest BCUT2D eigenvalue weighted by Crippen LogP contribution is 2.38. The summed E-state index contributed by atoms with van der Waals surface area (Å²) >= 11 is 1.49. The predicted octanol–water partition coefficient (Wildman–Crippen LogP) is 4.05. The Morgan fingerprint density at radius 3 is 2.32 bits per heavy atom. The topological polar surface area (TPSA) is 95.9 Å². The van der Waals surface area contributed by atoms with Gasteiger partial charge < -0.3 is 0 Å². The highest BCUT2D eigenvalue weighted by Gasteiger charge is 2.38. The Balaban J connectivity index is 1.68. The molecule has 10 heteroatoms. The van der Waals surface area contributed by atoms with Crippen LogP contribution in [-0.2, 0) is 20.0 Å². The SMILES string of the molecule is CCS(=O)(=O)Nc1ccc(C2=NN(S(=O)(=O)c3ccccc3)[C@H](c3cccs3)C2)cc1. The zero-order valence-electron chi connectivity index (χ0n) is 16.7. The Hall–Kier alpha value is -2.69. The normalized spacial score (nSPS) is 16.9. The van der Waals surface area contributed by atoms with E-state index in [-0.39, 0.29) is 10.6 Å². The first-order chi connectivity index (χ1) is 14.8. The van der Waals surface area contributed by atoms with Gasteiger partial charge in [-0.15, -0.1) is 11.3 Å². The van der Waals surface area contributed by atoms with Gasteiger partial charge in [0.25, 0.3) is 10.0 Å². The third-order valence-corrected chi connectivity index (χ3v) is 8.88. The van der Waals surface area contributed by atoms with Crippen LogP contribution in [0.25, 0.3) is 0 Å². The van der Waals surface area contributed by atoms with Gasteiger partial charge in [-0.2, -0.15) is 17.9 Å². The van der Waals surface area contributed by atoms with E-state index in [1.807, 2.05) is 17.5 Å². The van der Waals surface area contributed by atoms with Crippen LogP contribution in [0.2, 0.25) is 0 Å². The van der Waals surface area contributed by atoms with Gasteiger partial charge in [-0.05, 0) is 48.2 Å². The van der Waals surface area contributed by atoms with E-state index in [1.165, 1.54) is 15.8 Å². The van der Waals surface area contributed by atoms with E-state index in [1.54, 1.807) is 61.5 Å². The molecule has 31 heavy (non-hydrogen) atoms. The molecule has 0 aliphatic carbocycles. The molecule has 0 fully saturated rings. The average molecular weight is 476 g/mol. The summed E-state index contributed by atoms with van der Waals surface area (Å²) in [7, 11) is -7.20. The van der Waals surface area contributed by atoms with Gasteiger partial charge >= 0.3 is 0 Å². The molecule has 1 aliphatic rings. The van der Waals surface area contributed by atoms with Crippen LogP contribution in [0.5, 0.6) is 0 Å². The average Bonchev–Trinajstić information content (AvgIpc) is 3.45. The maximum atomic E-state index is 13.3. The largest absolute Gasteiger partial charge is 0.284 e. The molecule has 1 aliphatic heterocycles.